The fourth-order valence-corrected chi connectivity index (χ4v) is 2.93. The quantitative estimate of drug-likeness (QED) is 0.721. The molecule has 0 spiro atoms. The molecule has 1 unspecified atom stereocenters. The number of likely N-dealkylation sites (tertiary alicyclic amines) is 1. The van der Waals surface area contributed by atoms with Crippen LogP contribution in [0.25, 0.3) is 0 Å². The first-order valence-electron chi connectivity index (χ1n) is 8.85. The van der Waals surface area contributed by atoms with E-state index in [0.29, 0.717) is 31.9 Å². The highest BCUT2D eigenvalue weighted by molar-refractivity contribution is 5.92. The first kappa shape index (κ1) is 18.9. The second-order valence-corrected chi connectivity index (χ2v) is 6.21. The summed E-state index contributed by atoms with van der Waals surface area (Å²) >= 11 is 0. The number of carbonyl (C=O) groups is 2. The number of oxazole rings is 1. The van der Waals surface area contributed by atoms with E-state index >= 15 is 0 Å². The van der Waals surface area contributed by atoms with Crippen molar-refractivity contribution in [1.82, 2.24) is 9.88 Å². The van der Waals surface area contributed by atoms with Crippen LogP contribution in [0.2, 0.25) is 0 Å². The normalized spacial score (nSPS) is 16.8. The summed E-state index contributed by atoms with van der Waals surface area (Å²) in [5, 5.41) is 0. The molecule has 1 aliphatic heterocycles. The van der Waals surface area contributed by atoms with Gasteiger partial charge in [0.15, 0.2) is 12.3 Å². The van der Waals surface area contributed by atoms with E-state index in [0.717, 1.165) is 6.42 Å². The van der Waals surface area contributed by atoms with Gasteiger partial charge in [0.05, 0.1) is 12.5 Å². The SMILES string of the molecule is CCOC(=O)C1CCCN(C(=O)c2coc(COc3ccc(F)cc3)n2)C1. The lowest BCUT2D eigenvalue weighted by Gasteiger charge is -2.30. The van der Waals surface area contributed by atoms with Gasteiger partial charge in [0.2, 0.25) is 5.89 Å². The van der Waals surface area contributed by atoms with Gasteiger partial charge in [-0.05, 0) is 44.0 Å². The van der Waals surface area contributed by atoms with Gasteiger partial charge in [-0.3, -0.25) is 9.59 Å². The van der Waals surface area contributed by atoms with E-state index in [-0.39, 0.29) is 41.8 Å². The first-order chi connectivity index (χ1) is 13.1. The van der Waals surface area contributed by atoms with Crippen LogP contribution in [0.3, 0.4) is 0 Å². The van der Waals surface area contributed by atoms with Crippen LogP contribution in [0.15, 0.2) is 34.9 Å². The number of hydrogen-bond donors (Lipinski definition) is 0. The van der Waals surface area contributed by atoms with Crippen LogP contribution < -0.4 is 4.74 Å². The molecule has 1 saturated heterocycles. The van der Waals surface area contributed by atoms with Crippen molar-refractivity contribution >= 4 is 11.9 Å². The molecule has 0 radical (unpaired) electrons. The molecule has 1 aromatic carbocycles. The first-order valence-corrected chi connectivity index (χ1v) is 8.85. The number of hydrogen-bond acceptors (Lipinski definition) is 6. The lowest BCUT2D eigenvalue weighted by molar-refractivity contribution is -0.149. The highest BCUT2D eigenvalue weighted by atomic mass is 19.1. The van der Waals surface area contributed by atoms with E-state index in [2.05, 4.69) is 4.98 Å². The average Bonchev–Trinajstić information content (AvgIpc) is 3.16. The summed E-state index contributed by atoms with van der Waals surface area (Å²) in [7, 11) is 0. The number of benzene rings is 1. The Morgan fingerprint density at radius 1 is 1.33 bits per heavy atom. The Balaban J connectivity index is 1.57. The molecule has 2 heterocycles. The van der Waals surface area contributed by atoms with Gasteiger partial charge < -0.3 is 18.8 Å². The van der Waals surface area contributed by atoms with Crippen LogP contribution in [-0.4, -0.2) is 41.5 Å². The largest absolute Gasteiger partial charge is 0.484 e. The zero-order valence-corrected chi connectivity index (χ0v) is 15.0. The van der Waals surface area contributed by atoms with Gasteiger partial charge in [-0.25, -0.2) is 9.37 Å². The molecule has 0 saturated carbocycles. The predicted molar refractivity (Wildman–Crippen MR) is 92.5 cm³/mol. The standard InChI is InChI=1S/C19H21FN2O5/c1-2-25-19(24)13-4-3-9-22(10-13)18(23)16-11-27-17(21-16)12-26-15-7-5-14(20)6-8-15/h5-8,11,13H,2-4,9-10,12H2,1H3. The third kappa shape index (κ3) is 4.84. The number of piperidine rings is 1. The molecule has 7 nitrogen and oxygen atoms in total. The molecule has 0 aliphatic carbocycles. The molecule has 0 N–H and O–H groups in total. The summed E-state index contributed by atoms with van der Waals surface area (Å²) in [6, 6.07) is 5.56. The van der Waals surface area contributed by atoms with E-state index in [1.54, 1.807) is 11.8 Å². The summed E-state index contributed by atoms with van der Waals surface area (Å²) in [4.78, 5) is 30.3. The molecule has 1 atom stereocenters. The summed E-state index contributed by atoms with van der Waals surface area (Å²) in [6.07, 6.45) is 2.71. The third-order valence-corrected chi connectivity index (χ3v) is 4.28. The van der Waals surface area contributed by atoms with Crippen LogP contribution in [0.1, 0.15) is 36.1 Å². The summed E-state index contributed by atoms with van der Waals surface area (Å²) < 4.78 is 28.7. The number of esters is 1. The Labute approximate surface area is 156 Å². The van der Waals surface area contributed by atoms with Gasteiger partial charge in [0, 0.05) is 13.1 Å². The van der Waals surface area contributed by atoms with Crippen molar-refractivity contribution < 1.29 is 27.9 Å². The topological polar surface area (TPSA) is 81.9 Å². The minimum atomic E-state index is -0.353. The van der Waals surface area contributed by atoms with Crippen LogP contribution in [-0.2, 0) is 16.1 Å². The minimum absolute atomic E-state index is 0.0182. The molecule has 0 bridgehead atoms. The van der Waals surface area contributed by atoms with Gasteiger partial charge in [0.1, 0.15) is 17.8 Å². The van der Waals surface area contributed by atoms with Crippen molar-refractivity contribution in [3.63, 3.8) is 0 Å². The minimum Gasteiger partial charge on any atom is -0.484 e. The van der Waals surface area contributed by atoms with Gasteiger partial charge in [-0.15, -0.1) is 0 Å². The number of ether oxygens (including phenoxy) is 2. The van der Waals surface area contributed by atoms with Crippen molar-refractivity contribution in [2.45, 2.75) is 26.4 Å². The highest BCUT2D eigenvalue weighted by Crippen LogP contribution is 2.20. The number of halogens is 1. The van der Waals surface area contributed by atoms with Crippen molar-refractivity contribution in [3.8, 4) is 5.75 Å². The molecule has 1 fully saturated rings. The zero-order valence-electron chi connectivity index (χ0n) is 15.0. The Kier molecular flexibility index (Phi) is 6.05. The predicted octanol–water partition coefficient (Wildman–Crippen LogP) is 2.81. The maximum absolute atomic E-state index is 12.9. The Bertz CT molecular complexity index is 790. The molecule has 3 rings (SSSR count). The van der Waals surface area contributed by atoms with Crippen LogP contribution in [0, 0.1) is 11.7 Å². The number of carbonyl (C=O) groups excluding carboxylic acids is 2. The van der Waals surface area contributed by atoms with Crippen molar-refractivity contribution in [3.05, 3.63) is 47.9 Å². The van der Waals surface area contributed by atoms with Gasteiger partial charge in [-0.2, -0.15) is 0 Å². The van der Waals surface area contributed by atoms with Crippen LogP contribution >= 0.6 is 0 Å². The monoisotopic (exact) mass is 376 g/mol. The van der Waals surface area contributed by atoms with E-state index in [1.807, 2.05) is 0 Å². The highest BCUT2D eigenvalue weighted by Gasteiger charge is 2.30. The van der Waals surface area contributed by atoms with Crippen molar-refractivity contribution in [2.24, 2.45) is 5.92 Å². The van der Waals surface area contributed by atoms with E-state index in [9.17, 15) is 14.0 Å². The summed E-state index contributed by atoms with van der Waals surface area (Å²) in [5.74, 6) is -0.522. The van der Waals surface area contributed by atoms with Gasteiger partial charge in [-0.1, -0.05) is 0 Å². The summed E-state index contributed by atoms with van der Waals surface area (Å²) in [6.45, 7) is 2.97. The Morgan fingerprint density at radius 2 is 2.11 bits per heavy atom. The van der Waals surface area contributed by atoms with Crippen molar-refractivity contribution in [2.75, 3.05) is 19.7 Å². The van der Waals surface area contributed by atoms with Crippen LogP contribution in [0.4, 0.5) is 4.39 Å². The van der Waals surface area contributed by atoms with Gasteiger partial charge in [0.25, 0.3) is 5.91 Å². The van der Waals surface area contributed by atoms with E-state index in [1.165, 1.54) is 30.5 Å². The number of aromatic nitrogens is 1. The molecular formula is C19H21FN2O5. The second kappa shape index (κ2) is 8.66. The molecule has 2 aromatic rings. The summed E-state index contributed by atoms with van der Waals surface area (Å²) in [5.41, 5.74) is 0.164. The lowest BCUT2D eigenvalue weighted by Crippen LogP contribution is -2.43. The molecule has 1 amide bonds. The number of nitrogens with zero attached hydrogens (tertiary/aromatic N) is 2. The molecular weight excluding hydrogens is 355 g/mol. The molecule has 8 heteroatoms. The molecule has 1 aliphatic rings. The maximum Gasteiger partial charge on any atom is 0.310 e. The fraction of sp³-hybridized carbons (Fsp3) is 0.421. The average molecular weight is 376 g/mol. The number of rotatable bonds is 6. The third-order valence-electron chi connectivity index (χ3n) is 4.28. The van der Waals surface area contributed by atoms with Gasteiger partial charge >= 0.3 is 5.97 Å². The maximum atomic E-state index is 12.9. The number of amides is 1. The molecule has 27 heavy (non-hydrogen) atoms. The Hall–Kier alpha value is -2.90. The van der Waals surface area contributed by atoms with E-state index < -0.39 is 0 Å². The fourth-order valence-electron chi connectivity index (χ4n) is 2.93. The molecule has 144 valence electrons. The smallest absolute Gasteiger partial charge is 0.310 e. The zero-order chi connectivity index (χ0) is 19.2. The molecule has 1 aromatic heterocycles. The lowest BCUT2D eigenvalue weighted by atomic mass is 9.98. The second-order valence-electron chi connectivity index (χ2n) is 6.21. The van der Waals surface area contributed by atoms with Crippen molar-refractivity contribution in [1.29, 1.82) is 0 Å². The van der Waals surface area contributed by atoms with E-state index in [4.69, 9.17) is 13.9 Å². The Morgan fingerprint density at radius 3 is 2.85 bits per heavy atom. The van der Waals surface area contributed by atoms with Crippen LogP contribution in [0.5, 0.6) is 5.75 Å².